The molecule has 0 aliphatic carbocycles. The lowest BCUT2D eigenvalue weighted by Crippen LogP contribution is -2.32. The van der Waals surface area contributed by atoms with E-state index in [1.165, 1.54) is 24.3 Å². The third kappa shape index (κ3) is 2.51. The van der Waals surface area contributed by atoms with E-state index in [4.69, 9.17) is 5.53 Å². The highest BCUT2D eigenvalue weighted by Crippen LogP contribution is 2.18. The molecule has 0 aliphatic heterocycles. The van der Waals surface area contributed by atoms with Gasteiger partial charge < -0.3 is 5.53 Å². The molecule has 1 rings (SSSR count). The molecule has 0 aromatic heterocycles. The van der Waals surface area contributed by atoms with Gasteiger partial charge in [0, 0.05) is 5.56 Å². The Kier molecular flexibility index (Phi) is 3.01. The van der Waals surface area contributed by atoms with Crippen LogP contribution in [0.25, 0.3) is 5.53 Å². The van der Waals surface area contributed by atoms with Gasteiger partial charge in [-0.3, -0.25) is 4.79 Å². The van der Waals surface area contributed by atoms with Crippen molar-refractivity contribution in [2.24, 2.45) is 0 Å². The average molecular weight is 214 g/mol. The molecule has 0 bridgehead atoms. The predicted molar refractivity (Wildman–Crippen MR) is 45.5 cm³/mol. The molecule has 3 nitrogen and oxygen atoms in total. The van der Waals surface area contributed by atoms with Gasteiger partial charge in [-0.2, -0.15) is 18.0 Å². The summed E-state index contributed by atoms with van der Waals surface area (Å²) >= 11 is 0. The van der Waals surface area contributed by atoms with Crippen LogP contribution in [-0.2, 0) is 0 Å². The summed E-state index contributed by atoms with van der Waals surface area (Å²) < 4.78 is 36.4. The van der Waals surface area contributed by atoms with Crippen LogP contribution >= 0.6 is 0 Å². The number of carbonyl (C=O) groups excluding carboxylic acids is 1. The van der Waals surface area contributed by atoms with Gasteiger partial charge in [-0.25, -0.2) is 0 Å². The summed E-state index contributed by atoms with van der Waals surface area (Å²) in [4.78, 5) is 13.2. The van der Waals surface area contributed by atoms with Gasteiger partial charge in [0.25, 0.3) is 5.78 Å². The van der Waals surface area contributed by atoms with E-state index < -0.39 is 17.7 Å². The minimum atomic E-state index is -4.96. The number of ketones is 1. The number of benzene rings is 1. The smallest absolute Gasteiger partial charge is 0.361 e. The highest BCUT2D eigenvalue weighted by molar-refractivity contribution is 6.45. The van der Waals surface area contributed by atoms with Gasteiger partial charge in [0.05, 0.1) is 0 Å². The van der Waals surface area contributed by atoms with Crippen LogP contribution in [0.5, 0.6) is 0 Å². The van der Waals surface area contributed by atoms with Crippen LogP contribution in [0.3, 0.4) is 0 Å². The summed E-state index contributed by atoms with van der Waals surface area (Å²) in [7, 11) is 0. The van der Waals surface area contributed by atoms with Crippen LogP contribution in [0.1, 0.15) is 10.4 Å². The molecule has 0 atom stereocenters. The lowest BCUT2D eigenvalue weighted by Gasteiger charge is -1.99. The first-order valence-corrected chi connectivity index (χ1v) is 3.86. The fourth-order valence-corrected chi connectivity index (χ4v) is 0.957. The molecule has 0 aliphatic rings. The van der Waals surface area contributed by atoms with Crippen molar-refractivity contribution in [3.05, 3.63) is 41.4 Å². The fraction of sp³-hybridized carbons (Fsp3) is 0.111. The Bertz CT molecular complexity index is 419. The van der Waals surface area contributed by atoms with E-state index >= 15 is 0 Å². The summed E-state index contributed by atoms with van der Waals surface area (Å²) in [6.07, 6.45) is -4.96. The van der Waals surface area contributed by atoms with Crippen LogP contribution in [0.2, 0.25) is 0 Å². The van der Waals surface area contributed by atoms with Crippen LogP contribution in [-0.4, -0.2) is 22.5 Å². The molecule has 0 radical (unpaired) electrons. The molecule has 15 heavy (non-hydrogen) atoms. The molecule has 0 saturated carbocycles. The molecule has 0 saturated heterocycles. The Morgan fingerprint density at radius 1 is 1.20 bits per heavy atom. The lowest BCUT2D eigenvalue weighted by molar-refractivity contribution is -0.111. The minimum absolute atomic E-state index is 0.178. The van der Waals surface area contributed by atoms with E-state index in [1.807, 2.05) is 4.79 Å². The van der Waals surface area contributed by atoms with E-state index in [9.17, 15) is 18.0 Å². The maximum Gasteiger partial charge on any atom is 0.499 e. The van der Waals surface area contributed by atoms with E-state index in [0.29, 0.717) is 0 Å². The lowest BCUT2D eigenvalue weighted by atomic mass is 10.1. The first-order chi connectivity index (χ1) is 6.96. The van der Waals surface area contributed by atoms with Gasteiger partial charge in [-0.15, -0.1) is 0 Å². The Morgan fingerprint density at radius 2 is 1.73 bits per heavy atom. The summed E-state index contributed by atoms with van der Waals surface area (Å²) in [5.74, 6) is -1.36. The second-order valence-corrected chi connectivity index (χ2v) is 2.64. The number of hydrogen-bond acceptors (Lipinski definition) is 1. The first kappa shape index (κ1) is 11.1. The minimum Gasteiger partial charge on any atom is -0.361 e. The zero-order chi connectivity index (χ0) is 11.5. The molecule has 0 amide bonds. The van der Waals surface area contributed by atoms with Crippen molar-refractivity contribution >= 4 is 11.5 Å². The Balaban J connectivity index is 3.11. The number of Topliss-reactive ketones (excluding diaryl/α,β-unsaturated/α-hetero) is 1. The van der Waals surface area contributed by atoms with E-state index in [2.05, 4.69) is 0 Å². The van der Waals surface area contributed by atoms with Crippen molar-refractivity contribution in [3.8, 4) is 0 Å². The monoisotopic (exact) mass is 214 g/mol. The standard InChI is InChI=1S/C9H5F3N2O/c10-9(11,12)8(14-13)7(15)6-4-2-1-3-5-6/h1-5H. The second kappa shape index (κ2) is 4.06. The Morgan fingerprint density at radius 3 is 2.13 bits per heavy atom. The normalized spacial score (nSPS) is 10.6. The fourth-order valence-electron chi connectivity index (χ4n) is 0.957. The molecule has 0 heterocycles. The second-order valence-electron chi connectivity index (χ2n) is 2.64. The zero-order valence-corrected chi connectivity index (χ0v) is 7.32. The van der Waals surface area contributed by atoms with Gasteiger partial charge in [-0.05, 0) is 0 Å². The van der Waals surface area contributed by atoms with Crippen LogP contribution in [0.15, 0.2) is 30.3 Å². The van der Waals surface area contributed by atoms with E-state index in [0.717, 1.165) is 0 Å². The van der Waals surface area contributed by atoms with Gasteiger partial charge in [0.15, 0.2) is 0 Å². The van der Waals surface area contributed by atoms with E-state index in [1.54, 1.807) is 6.07 Å². The number of nitrogens with zero attached hydrogens (tertiary/aromatic N) is 2. The first-order valence-electron chi connectivity index (χ1n) is 3.86. The SMILES string of the molecule is [N-]=[N+]=C(C(=O)c1ccccc1)C(F)(F)F. The summed E-state index contributed by atoms with van der Waals surface area (Å²) in [6.45, 7) is 0. The van der Waals surface area contributed by atoms with Crippen molar-refractivity contribution in [1.29, 1.82) is 0 Å². The van der Waals surface area contributed by atoms with E-state index in [-0.39, 0.29) is 5.56 Å². The molecular formula is C9H5F3N2O. The molecule has 1 aromatic rings. The number of rotatable bonds is 2. The number of carbonyl (C=O) groups is 1. The molecule has 0 unspecified atom stereocenters. The Labute approximate surface area is 82.8 Å². The number of alkyl halides is 3. The third-order valence-corrected chi connectivity index (χ3v) is 1.62. The van der Waals surface area contributed by atoms with Crippen molar-refractivity contribution in [3.63, 3.8) is 0 Å². The number of halogens is 3. The molecule has 78 valence electrons. The molecule has 0 fully saturated rings. The zero-order valence-electron chi connectivity index (χ0n) is 7.32. The van der Waals surface area contributed by atoms with Crippen molar-refractivity contribution in [1.82, 2.24) is 0 Å². The van der Waals surface area contributed by atoms with Crippen LogP contribution in [0, 0.1) is 0 Å². The highest BCUT2D eigenvalue weighted by Gasteiger charge is 2.49. The quantitative estimate of drug-likeness (QED) is 0.322. The topological polar surface area (TPSA) is 53.5 Å². The van der Waals surface area contributed by atoms with Crippen molar-refractivity contribution in [2.75, 3.05) is 0 Å². The maximum absolute atomic E-state index is 12.1. The Hall–Kier alpha value is -1.94. The predicted octanol–water partition coefficient (Wildman–Crippen LogP) is 2.10. The highest BCUT2D eigenvalue weighted by atomic mass is 19.4. The van der Waals surface area contributed by atoms with Gasteiger partial charge in [0.2, 0.25) is 0 Å². The van der Waals surface area contributed by atoms with Crippen LogP contribution < -0.4 is 0 Å². The summed E-state index contributed by atoms with van der Waals surface area (Å²) in [6, 6.07) is 6.80. The van der Waals surface area contributed by atoms with Crippen molar-refractivity contribution < 1.29 is 22.8 Å². The van der Waals surface area contributed by atoms with Gasteiger partial charge >= 0.3 is 11.9 Å². The molecule has 0 N–H and O–H groups in total. The molecule has 0 spiro atoms. The molecule has 6 heteroatoms. The largest absolute Gasteiger partial charge is 0.499 e. The summed E-state index contributed by atoms with van der Waals surface area (Å²) in [5.41, 5.74) is 6.14. The van der Waals surface area contributed by atoms with Crippen molar-refractivity contribution in [2.45, 2.75) is 6.18 Å². The van der Waals surface area contributed by atoms with Gasteiger partial charge in [-0.1, -0.05) is 30.3 Å². The number of hydrogen-bond donors (Lipinski definition) is 0. The molecule has 1 aromatic carbocycles. The molecular weight excluding hydrogens is 209 g/mol. The maximum atomic E-state index is 12.1. The third-order valence-electron chi connectivity index (χ3n) is 1.62. The average Bonchev–Trinajstić information content (AvgIpc) is 2.18. The van der Waals surface area contributed by atoms with Crippen LogP contribution in [0.4, 0.5) is 13.2 Å². The summed E-state index contributed by atoms with van der Waals surface area (Å²) in [5, 5.41) is 0. The van der Waals surface area contributed by atoms with Gasteiger partial charge in [0.1, 0.15) is 0 Å².